The second-order valence-corrected chi connectivity index (χ2v) is 10.2. The van der Waals surface area contributed by atoms with Crippen molar-refractivity contribution in [3.05, 3.63) is 95.1 Å². The van der Waals surface area contributed by atoms with Crippen LogP contribution in [0.2, 0.25) is 0 Å². The van der Waals surface area contributed by atoms with Crippen LogP contribution in [0.25, 0.3) is 22.3 Å². The lowest BCUT2D eigenvalue weighted by Crippen LogP contribution is -2.27. The summed E-state index contributed by atoms with van der Waals surface area (Å²) in [6.45, 7) is 9.19. The van der Waals surface area contributed by atoms with E-state index < -0.39 is 0 Å². The van der Waals surface area contributed by atoms with Crippen LogP contribution in [0.1, 0.15) is 49.9 Å². The van der Waals surface area contributed by atoms with Crippen LogP contribution < -0.4 is 9.47 Å². The quantitative estimate of drug-likeness (QED) is 0.253. The van der Waals surface area contributed by atoms with E-state index in [0.717, 1.165) is 45.3 Å². The van der Waals surface area contributed by atoms with Crippen LogP contribution in [0.4, 0.5) is 0 Å². The predicted octanol–water partition coefficient (Wildman–Crippen LogP) is 8.20. The van der Waals surface area contributed by atoms with Gasteiger partial charge in [-0.3, -0.25) is 0 Å². The number of para-hydroxylation sites is 4. The van der Waals surface area contributed by atoms with E-state index in [1.807, 2.05) is 0 Å². The van der Waals surface area contributed by atoms with Gasteiger partial charge in [0, 0.05) is 55.3 Å². The second-order valence-electron chi connectivity index (χ2n) is 10.2. The number of hydrogen-bond acceptors (Lipinski definition) is 2. The Balaban J connectivity index is 1.72. The maximum Gasteiger partial charge on any atom is 0.139 e. The van der Waals surface area contributed by atoms with E-state index in [1.54, 1.807) is 0 Å². The minimum Gasteiger partial charge on any atom is -0.455 e. The SMILES string of the molecule is CC1(C)c2cccc3c2Oc2c(cccc21)-c1cccc2c1Oc1c-3cccc1C2(C)C. The first kappa shape index (κ1) is 18.1. The molecule has 0 saturated heterocycles. The van der Waals surface area contributed by atoms with Gasteiger partial charge in [0.25, 0.3) is 0 Å². The number of benzene rings is 4. The van der Waals surface area contributed by atoms with Crippen LogP contribution >= 0.6 is 0 Å². The molecule has 0 N–H and O–H groups in total. The van der Waals surface area contributed by atoms with Gasteiger partial charge in [0.15, 0.2) is 0 Å². The first-order chi connectivity index (χ1) is 15.4. The Labute approximate surface area is 188 Å². The molecule has 0 spiro atoms. The van der Waals surface area contributed by atoms with E-state index in [9.17, 15) is 0 Å². The molecule has 4 aromatic carbocycles. The van der Waals surface area contributed by atoms with Crippen molar-refractivity contribution < 1.29 is 9.47 Å². The number of rotatable bonds is 0. The highest BCUT2D eigenvalue weighted by Crippen LogP contribution is 2.60. The Kier molecular flexibility index (Phi) is 3.19. The zero-order chi connectivity index (χ0) is 21.8. The smallest absolute Gasteiger partial charge is 0.139 e. The summed E-state index contributed by atoms with van der Waals surface area (Å²) in [4.78, 5) is 0. The molecule has 0 fully saturated rings. The Bertz CT molecular complexity index is 1250. The molecule has 0 amide bonds. The third kappa shape index (κ3) is 2.01. The van der Waals surface area contributed by atoms with Crippen molar-refractivity contribution in [1.82, 2.24) is 0 Å². The summed E-state index contributed by atoms with van der Waals surface area (Å²) in [6.07, 6.45) is 0. The molecule has 4 bridgehead atoms. The molecule has 3 aliphatic rings. The zero-order valence-corrected chi connectivity index (χ0v) is 18.7. The summed E-state index contributed by atoms with van der Waals surface area (Å²) in [5, 5.41) is 0. The molecule has 0 atom stereocenters. The average Bonchev–Trinajstić information content (AvgIpc) is 2.78. The van der Waals surface area contributed by atoms with E-state index in [1.165, 1.54) is 22.3 Å². The molecule has 2 heteroatoms. The van der Waals surface area contributed by atoms with Crippen molar-refractivity contribution >= 4 is 0 Å². The van der Waals surface area contributed by atoms with Crippen LogP contribution in [-0.2, 0) is 10.8 Å². The highest BCUT2D eigenvalue weighted by molar-refractivity contribution is 5.88. The van der Waals surface area contributed by atoms with Gasteiger partial charge in [-0.25, -0.2) is 0 Å². The van der Waals surface area contributed by atoms with Gasteiger partial charge in [-0.15, -0.1) is 0 Å². The Morgan fingerprint density at radius 2 is 0.656 bits per heavy atom. The molecule has 0 saturated carbocycles. The molecule has 4 aromatic rings. The molecule has 3 heterocycles. The van der Waals surface area contributed by atoms with Crippen LogP contribution in [0, 0.1) is 0 Å². The van der Waals surface area contributed by atoms with Gasteiger partial charge in [0.05, 0.1) is 0 Å². The number of fused-ring (bicyclic) bond motifs is 2. The van der Waals surface area contributed by atoms with E-state index in [0.29, 0.717) is 0 Å². The molecule has 32 heavy (non-hydrogen) atoms. The van der Waals surface area contributed by atoms with Crippen LogP contribution in [0.5, 0.6) is 23.0 Å². The van der Waals surface area contributed by atoms with Gasteiger partial charge in [-0.05, 0) is 0 Å². The van der Waals surface area contributed by atoms with Gasteiger partial charge in [-0.2, -0.15) is 0 Å². The van der Waals surface area contributed by atoms with Crippen molar-refractivity contribution in [1.29, 1.82) is 0 Å². The topological polar surface area (TPSA) is 18.5 Å². The van der Waals surface area contributed by atoms with Gasteiger partial charge in [0.1, 0.15) is 23.0 Å². The minimum atomic E-state index is -0.173. The van der Waals surface area contributed by atoms with Crippen molar-refractivity contribution in [2.24, 2.45) is 0 Å². The second kappa shape index (κ2) is 5.63. The Morgan fingerprint density at radius 1 is 0.406 bits per heavy atom. The van der Waals surface area contributed by atoms with E-state index in [4.69, 9.17) is 9.47 Å². The normalized spacial score (nSPS) is 17.1. The minimum absolute atomic E-state index is 0.173. The summed E-state index contributed by atoms with van der Waals surface area (Å²) in [5.74, 6) is 3.77. The lowest BCUT2D eigenvalue weighted by atomic mass is 9.71. The van der Waals surface area contributed by atoms with Gasteiger partial charge >= 0.3 is 0 Å². The molecule has 0 unspecified atom stereocenters. The Hall–Kier alpha value is -3.52. The lowest BCUT2D eigenvalue weighted by Gasteiger charge is -2.40. The third-order valence-corrected chi connectivity index (χ3v) is 7.74. The van der Waals surface area contributed by atoms with Crippen molar-refractivity contribution in [2.75, 3.05) is 0 Å². The summed E-state index contributed by atoms with van der Waals surface area (Å²) in [7, 11) is 0. The van der Waals surface area contributed by atoms with Crippen LogP contribution in [-0.4, -0.2) is 0 Å². The summed E-state index contributed by atoms with van der Waals surface area (Å²) < 4.78 is 13.6. The van der Waals surface area contributed by atoms with E-state index >= 15 is 0 Å². The Morgan fingerprint density at radius 3 is 0.906 bits per heavy atom. The molecule has 3 aliphatic heterocycles. The van der Waals surface area contributed by atoms with E-state index in [-0.39, 0.29) is 10.8 Å². The number of hydrogen-bond donors (Lipinski definition) is 0. The fourth-order valence-electron chi connectivity index (χ4n) is 5.90. The first-order valence-corrected chi connectivity index (χ1v) is 11.3. The summed E-state index contributed by atoms with van der Waals surface area (Å²) in [6, 6.07) is 26.0. The molecule has 0 aromatic heterocycles. The molecular weight excluding hydrogens is 392 g/mol. The monoisotopic (exact) mass is 416 g/mol. The van der Waals surface area contributed by atoms with Crippen molar-refractivity contribution in [3.8, 4) is 45.3 Å². The van der Waals surface area contributed by atoms with Crippen LogP contribution in [0.15, 0.2) is 72.8 Å². The maximum absolute atomic E-state index is 6.82. The summed E-state index contributed by atoms with van der Waals surface area (Å²) in [5.41, 5.74) is 8.85. The maximum atomic E-state index is 6.82. The molecule has 2 nitrogen and oxygen atoms in total. The molecule has 0 aliphatic carbocycles. The lowest BCUT2D eigenvalue weighted by molar-refractivity contribution is 0.409. The standard InChI is InChI=1S/C30H24O2/c1-29(2)21-13-5-9-17-19-11-7-15-23-27(19)32-28-20(12-8-16-24(28)30(23,3)4)18-10-6-14-22(29)26(18)31-25(17)21/h5-16H,1-4H3. The average molecular weight is 417 g/mol. The summed E-state index contributed by atoms with van der Waals surface area (Å²) >= 11 is 0. The fourth-order valence-corrected chi connectivity index (χ4v) is 5.90. The number of ether oxygens (including phenoxy) is 2. The van der Waals surface area contributed by atoms with Crippen molar-refractivity contribution in [2.45, 2.75) is 38.5 Å². The molecule has 156 valence electrons. The zero-order valence-electron chi connectivity index (χ0n) is 18.7. The predicted molar refractivity (Wildman–Crippen MR) is 128 cm³/mol. The van der Waals surface area contributed by atoms with Gasteiger partial charge < -0.3 is 9.47 Å². The third-order valence-electron chi connectivity index (χ3n) is 7.74. The molecule has 0 radical (unpaired) electrons. The van der Waals surface area contributed by atoms with Crippen molar-refractivity contribution in [3.63, 3.8) is 0 Å². The highest BCUT2D eigenvalue weighted by Gasteiger charge is 2.41. The molecular formula is C30H24O2. The highest BCUT2D eigenvalue weighted by atomic mass is 16.5. The van der Waals surface area contributed by atoms with Crippen LogP contribution in [0.3, 0.4) is 0 Å². The van der Waals surface area contributed by atoms with Gasteiger partial charge in [0.2, 0.25) is 0 Å². The van der Waals surface area contributed by atoms with Gasteiger partial charge in [-0.1, -0.05) is 100 Å². The van der Waals surface area contributed by atoms with E-state index in [2.05, 4.69) is 100 Å². The fraction of sp³-hybridized carbons (Fsp3) is 0.200. The molecule has 7 rings (SSSR count). The largest absolute Gasteiger partial charge is 0.455 e. The first-order valence-electron chi connectivity index (χ1n) is 11.3.